The van der Waals surface area contributed by atoms with Crippen molar-refractivity contribution < 1.29 is 9.15 Å². The Hall–Kier alpha value is -1.98. The van der Waals surface area contributed by atoms with Crippen LogP contribution in [0.3, 0.4) is 0 Å². The Kier molecular flexibility index (Phi) is 5.43. The van der Waals surface area contributed by atoms with Gasteiger partial charge >= 0.3 is 0 Å². The number of halogens is 1. The predicted molar refractivity (Wildman–Crippen MR) is 95.6 cm³/mol. The molecular weight excluding hydrogens is 344 g/mol. The maximum Gasteiger partial charge on any atom is 0.277 e. The third-order valence-corrected chi connectivity index (χ3v) is 4.41. The number of ether oxygens (including phenoxy) is 1. The molecule has 0 atom stereocenters. The fraction of sp³-hybridized carbons (Fsp3) is 0.222. The Labute approximate surface area is 150 Å². The Balaban J connectivity index is 1.54. The van der Waals surface area contributed by atoms with Crippen LogP contribution in [-0.2, 0) is 12.4 Å². The van der Waals surface area contributed by atoms with Crippen LogP contribution in [0.15, 0.2) is 52.1 Å². The lowest BCUT2D eigenvalue weighted by atomic mass is 10.1. The van der Waals surface area contributed by atoms with Crippen LogP contribution in [0.1, 0.15) is 22.6 Å². The molecule has 1 aromatic heterocycles. The molecule has 3 aromatic rings. The van der Waals surface area contributed by atoms with Gasteiger partial charge < -0.3 is 9.15 Å². The van der Waals surface area contributed by atoms with Crippen molar-refractivity contribution in [1.29, 1.82) is 0 Å². The highest BCUT2D eigenvalue weighted by Gasteiger charge is 2.08. The Morgan fingerprint density at radius 1 is 1.04 bits per heavy atom. The molecular formula is C18H17ClN2O2S. The summed E-state index contributed by atoms with van der Waals surface area (Å²) in [6.45, 7) is 4.43. The first-order chi connectivity index (χ1) is 11.6. The molecule has 0 aliphatic heterocycles. The minimum atomic E-state index is 0.235. The average Bonchev–Trinajstić information content (AvgIpc) is 2.99. The standard InChI is InChI=1S/C18H17ClN2O2S/c1-12-7-13(2)9-14(8-12)11-24-18-21-20-17(23-18)10-22-16-5-3-15(19)4-6-16/h3-9H,10-11H2,1-2H3. The first kappa shape index (κ1) is 16.9. The molecule has 3 rings (SSSR count). The number of benzene rings is 2. The van der Waals surface area contributed by atoms with Crippen LogP contribution < -0.4 is 4.74 Å². The number of rotatable bonds is 6. The van der Waals surface area contributed by atoms with Crippen LogP contribution in [0.5, 0.6) is 5.75 Å². The summed E-state index contributed by atoms with van der Waals surface area (Å²) in [6, 6.07) is 13.6. The van der Waals surface area contributed by atoms with Gasteiger partial charge in [0.1, 0.15) is 5.75 Å². The highest BCUT2D eigenvalue weighted by atomic mass is 35.5. The van der Waals surface area contributed by atoms with Crippen molar-refractivity contribution in [3.63, 3.8) is 0 Å². The van der Waals surface area contributed by atoms with Gasteiger partial charge in [0, 0.05) is 10.8 Å². The van der Waals surface area contributed by atoms with E-state index in [9.17, 15) is 0 Å². The van der Waals surface area contributed by atoms with Crippen molar-refractivity contribution in [2.45, 2.75) is 31.4 Å². The predicted octanol–water partition coefficient (Wildman–Crippen LogP) is 5.21. The Morgan fingerprint density at radius 3 is 2.46 bits per heavy atom. The van der Waals surface area contributed by atoms with E-state index >= 15 is 0 Å². The summed E-state index contributed by atoms with van der Waals surface area (Å²) in [5.74, 6) is 1.96. The third-order valence-electron chi connectivity index (χ3n) is 3.27. The molecule has 124 valence electrons. The molecule has 4 nitrogen and oxygen atoms in total. The van der Waals surface area contributed by atoms with Crippen LogP contribution in [0.4, 0.5) is 0 Å². The Bertz CT molecular complexity index is 798. The van der Waals surface area contributed by atoms with E-state index in [0.717, 1.165) is 5.75 Å². The molecule has 0 saturated carbocycles. The van der Waals surface area contributed by atoms with E-state index < -0.39 is 0 Å². The van der Waals surface area contributed by atoms with Gasteiger partial charge in [-0.1, -0.05) is 52.7 Å². The lowest BCUT2D eigenvalue weighted by Gasteiger charge is -2.03. The van der Waals surface area contributed by atoms with E-state index in [4.69, 9.17) is 20.8 Å². The largest absolute Gasteiger partial charge is 0.484 e. The number of aryl methyl sites for hydroxylation is 2. The smallest absolute Gasteiger partial charge is 0.277 e. The summed E-state index contributed by atoms with van der Waals surface area (Å²) < 4.78 is 11.2. The zero-order valence-corrected chi connectivity index (χ0v) is 15.0. The van der Waals surface area contributed by atoms with E-state index in [2.05, 4.69) is 42.2 Å². The zero-order chi connectivity index (χ0) is 16.9. The molecule has 0 amide bonds. The maximum absolute atomic E-state index is 5.84. The third kappa shape index (κ3) is 4.76. The molecule has 0 fully saturated rings. The minimum absolute atomic E-state index is 0.235. The van der Waals surface area contributed by atoms with Crippen molar-refractivity contribution in [2.75, 3.05) is 0 Å². The second kappa shape index (κ2) is 7.73. The number of aromatic nitrogens is 2. The summed E-state index contributed by atoms with van der Waals surface area (Å²) in [7, 11) is 0. The van der Waals surface area contributed by atoms with Gasteiger partial charge in [0.25, 0.3) is 11.1 Å². The summed E-state index contributed by atoms with van der Waals surface area (Å²) in [5.41, 5.74) is 3.76. The molecule has 2 aromatic carbocycles. The summed E-state index contributed by atoms with van der Waals surface area (Å²) in [6.07, 6.45) is 0. The molecule has 0 aliphatic carbocycles. The zero-order valence-electron chi connectivity index (χ0n) is 13.5. The molecule has 0 aliphatic rings. The first-order valence-corrected chi connectivity index (χ1v) is 8.85. The van der Waals surface area contributed by atoms with Gasteiger partial charge in [-0.05, 0) is 43.7 Å². The van der Waals surface area contributed by atoms with Crippen LogP contribution in [0.25, 0.3) is 0 Å². The molecule has 6 heteroatoms. The fourth-order valence-corrected chi connectivity index (χ4v) is 3.16. The maximum atomic E-state index is 5.84. The summed E-state index contributed by atoms with van der Waals surface area (Å²) >= 11 is 7.36. The molecule has 1 heterocycles. The number of hydrogen-bond donors (Lipinski definition) is 0. The molecule has 0 unspecified atom stereocenters. The van der Waals surface area contributed by atoms with Crippen LogP contribution in [0, 0.1) is 13.8 Å². The van der Waals surface area contributed by atoms with Gasteiger partial charge in [-0.3, -0.25) is 0 Å². The van der Waals surface area contributed by atoms with E-state index in [-0.39, 0.29) is 6.61 Å². The minimum Gasteiger partial charge on any atom is -0.484 e. The van der Waals surface area contributed by atoms with Crippen molar-refractivity contribution in [1.82, 2.24) is 10.2 Å². The van der Waals surface area contributed by atoms with Crippen molar-refractivity contribution in [2.24, 2.45) is 0 Å². The van der Waals surface area contributed by atoms with Crippen molar-refractivity contribution >= 4 is 23.4 Å². The Morgan fingerprint density at radius 2 is 1.75 bits per heavy atom. The highest BCUT2D eigenvalue weighted by Crippen LogP contribution is 2.23. The number of nitrogens with zero attached hydrogens (tertiary/aromatic N) is 2. The number of hydrogen-bond acceptors (Lipinski definition) is 5. The molecule has 0 spiro atoms. The summed E-state index contributed by atoms with van der Waals surface area (Å²) in [4.78, 5) is 0. The van der Waals surface area contributed by atoms with E-state index in [0.29, 0.717) is 21.9 Å². The molecule has 0 saturated heterocycles. The van der Waals surface area contributed by atoms with Gasteiger partial charge in [0.05, 0.1) is 0 Å². The van der Waals surface area contributed by atoms with Crippen LogP contribution in [-0.4, -0.2) is 10.2 Å². The van der Waals surface area contributed by atoms with Crippen LogP contribution in [0.2, 0.25) is 5.02 Å². The monoisotopic (exact) mass is 360 g/mol. The number of thioether (sulfide) groups is 1. The second-order valence-electron chi connectivity index (χ2n) is 5.49. The molecule has 0 bridgehead atoms. The normalized spacial score (nSPS) is 10.8. The van der Waals surface area contributed by atoms with E-state index in [1.807, 2.05) is 0 Å². The van der Waals surface area contributed by atoms with Gasteiger partial charge in [-0.15, -0.1) is 10.2 Å². The van der Waals surface area contributed by atoms with E-state index in [1.54, 1.807) is 24.3 Å². The summed E-state index contributed by atoms with van der Waals surface area (Å²) in [5, 5.41) is 9.27. The molecule has 24 heavy (non-hydrogen) atoms. The fourth-order valence-electron chi connectivity index (χ4n) is 2.33. The van der Waals surface area contributed by atoms with Gasteiger partial charge in [0.2, 0.25) is 0 Å². The second-order valence-corrected chi connectivity index (χ2v) is 6.85. The quantitative estimate of drug-likeness (QED) is 0.564. The lowest BCUT2D eigenvalue weighted by molar-refractivity contribution is 0.252. The lowest BCUT2D eigenvalue weighted by Crippen LogP contribution is -1.95. The first-order valence-electron chi connectivity index (χ1n) is 7.49. The van der Waals surface area contributed by atoms with Crippen molar-refractivity contribution in [3.8, 4) is 5.75 Å². The SMILES string of the molecule is Cc1cc(C)cc(CSc2nnc(COc3ccc(Cl)cc3)o2)c1. The van der Waals surface area contributed by atoms with Gasteiger partial charge in [-0.2, -0.15) is 0 Å². The van der Waals surface area contributed by atoms with Gasteiger partial charge in [-0.25, -0.2) is 0 Å². The van der Waals surface area contributed by atoms with Crippen molar-refractivity contribution in [3.05, 3.63) is 70.1 Å². The molecule has 0 radical (unpaired) electrons. The molecule has 0 N–H and O–H groups in total. The topological polar surface area (TPSA) is 48.2 Å². The highest BCUT2D eigenvalue weighted by molar-refractivity contribution is 7.98. The van der Waals surface area contributed by atoms with E-state index in [1.165, 1.54) is 28.5 Å². The van der Waals surface area contributed by atoms with Crippen LogP contribution >= 0.6 is 23.4 Å². The average molecular weight is 361 g/mol. The van der Waals surface area contributed by atoms with Gasteiger partial charge in [0.15, 0.2) is 6.61 Å².